The third kappa shape index (κ3) is 7.25. The van der Waals surface area contributed by atoms with Crippen LogP contribution in [0.3, 0.4) is 0 Å². The molecule has 1 N–H and O–H groups in total. The molecule has 0 radical (unpaired) electrons. The summed E-state index contributed by atoms with van der Waals surface area (Å²) in [6, 6.07) is 6.73. The largest absolute Gasteiger partial charge is 0.385 e. The maximum Gasteiger partial charge on any atom is 0.123 e. The van der Waals surface area contributed by atoms with Crippen molar-refractivity contribution in [1.82, 2.24) is 5.32 Å². The zero-order valence-corrected chi connectivity index (χ0v) is 11.8. The first-order valence-corrected chi connectivity index (χ1v) is 6.69. The van der Waals surface area contributed by atoms with Gasteiger partial charge in [0, 0.05) is 27.4 Å². The maximum absolute atomic E-state index is 12.9. The van der Waals surface area contributed by atoms with Crippen LogP contribution in [0, 0.1) is 11.7 Å². The summed E-state index contributed by atoms with van der Waals surface area (Å²) in [7, 11) is 3.41. The van der Waals surface area contributed by atoms with Gasteiger partial charge in [-0.3, -0.25) is 0 Å². The SMILES string of the molecule is COCCNCC(CCOC)Cc1ccc(F)cc1. The topological polar surface area (TPSA) is 30.5 Å². The van der Waals surface area contributed by atoms with Crippen molar-refractivity contribution in [3.63, 3.8) is 0 Å². The molecule has 4 heteroatoms. The van der Waals surface area contributed by atoms with Crippen LogP contribution < -0.4 is 5.32 Å². The smallest absolute Gasteiger partial charge is 0.123 e. The van der Waals surface area contributed by atoms with Crippen molar-refractivity contribution in [2.45, 2.75) is 12.8 Å². The minimum atomic E-state index is -0.185. The molecular formula is C15H24FNO2. The van der Waals surface area contributed by atoms with Crippen LogP contribution >= 0.6 is 0 Å². The molecule has 0 heterocycles. The van der Waals surface area contributed by atoms with Gasteiger partial charge in [0.25, 0.3) is 0 Å². The summed E-state index contributed by atoms with van der Waals surface area (Å²) in [5, 5.41) is 3.37. The van der Waals surface area contributed by atoms with E-state index in [1.165, 1.54) is 12.1 Å². The monoisotopic (exact) mass is 269 g/mol. The van der Waals surface area contributed by atoms with E-state index in [2.05, 4.69) is 5.32 Å². The first-order chi connectivity index (χ1) is 9.26. The molecule has 108 valence electrons. The third-order valence-corrected chi connectivity index (χ3v) is 3.08. The Hall–Kier alpha value is -0.970. The number of benzene rings is 1. The molecule has 0 saturated carbocycles. The second-order valence-electron chi connectivity index (χ2n) is 4.68. The Balaban J connectivity index is 2.41. The lowest BCUT2D eigenvalue weighted by Gasteiger charge is -2.17. The Morgan fingerprint density at radius 3 is 2.42 bits per heavy atom. The van der Waals surface area contributed by atoms with Gasteiger partial charge in [-0.1, -0.05) is 12.1 Å². The van der Waals surface area contributed by atoms with E-state index in [1.54, 1.807) is 14.2 Å². The summed E-state index contributed by atoms with van der Waals surface area (Å²) in [6.07, 6.45) is 1.93. The van der Waals surface area contributed by atoms with Gasteiger partial charge >= 0.3 is 0 Å². The summed E-state index contributed by atoms with van der Waals surface area (Å²) in [4.78, 5) is 0. The van der Waals surface area contributed by atoms with Crippen LogP contribution in [0.1, 0.15) is 12.0 Å². The van der Waals surface area contributed by atoms with E-state index >= 15 is 0 Å². The van der Waals surface area contributed by atoms with Crippen molar-refractivity contribution < 1.29 is 13.9 Å². The zero-order valence-electron chi connectivity index (χ0n) is 11.8. The van der Waals surface area contributed by atoms with E-state index in [4.69, 9.17) is 9.47 Å². The summed E-state index contributed by atoms with van der Waals surface area (Å²) < 4.78 is 23.0. The maximum atomic E-state index is 12.9. The van der Waals surface area contributed by atoms with Gasteiger partial charge < -0.3 is 14.8 Å². The average molecular weight is 269 g/mol. The van der Waals surface area contributed by atoms with Gasteiger partial charge in [-0.2, -0.15) is 0 Å². The Labute approximate surface area is 115 Å². The fourth-order valence-corrected chi connectivity index (χ4v) is 2.00. The highest BCUT2D eigenvalue weighted by atomic mass is 19.1. The van der Waals surface area contributed by atoms with Gasteiger partial charge in [-0.05, 0) is 43.0 Å². The predicted molar refractivity (Wildman–Crippen MR) is 74.8 cm³/mol. The van der Waals surface area contributed by atoms with Crippen molar-refractivity contribution in [3.05, 3.63) is 35.6 Å². The molecule has 1 rings (SSSR count). The first-order valence-electron chi connectivity index (χ1n) is 6.69. The second-order valence-corrected chi connectivity index (χ2v) is 4.68. The second kappa shape index (κ2) is 9.89. The number of nitrogens with one attached hydrogen (secondary N) is 1. The van der Waals surface area contributed by atoms with E-state index in [1.807, 2.05) is 12.1 Å². The van der Waals surface area contributed by atoms with Crippen molar-refractivity contribution in [1.29, 1.82) is 0 Å². The van der Waals surface area contributed by atoms with Gasteiger partial charge in [0.15, 0.2) is 0 Å². The zero-order chi connectivity index (χ0) is 13.9. The number of ether oxygens (including phenoxy) is 2. The number of rotatable bonds is 10. The van der Waals surface area contributed by atoms with E-state index in [0.717, 1.165) is 38.1 Å². The molecule has 3 nitrogen and oxygen atoms in total. The fourth-order valence-electron chi connectivity index (χ4n) is 2.00. The molecule has 1 aromatic rings. The number of hydrogen-bond donors (Lipinski definition) is 1. The molecule has 0 fully saturated rings. The molecule has 0 aliphatic rings. The van der Waals surface area contributed by atoms with E-state index in [0.29, 0.717) is 12.5 Å². The standard InChI is InChI=1S/C15H24FNO2/c1-18-9-7-14(12-17-8-10-19-2)11-13-3-5-15(16)6-4-13/h3-6,14,17H,7-12H2,1-2H3. The van der Waals surface area contributed by atoms with Crippen LogP contribution in [0.25, 0.3) is 0 Å². The van der Waals surface area contributed by atoms with Crippen LogP contribution in [-0.4, -0.2) is 40.5 Å². The molecule has 1 unspecified atom stereocenters. The molecular weight excluding hydrogens is 245 g/mol. The Morgan fingerprint density at radius 2 is 1.79 bits per heavy atom. The summed E-state index contributed by atoms with van der Waals surface area (Å²) in [5.74, 6) is 0.303. The average Bonchev–Trinajstić information content (AvgIpc) is 2.43. The summed E-state index contributed by atoms with van der Waals surface area (Å²) in [6.45, 7) is 3.23. The lowest BCUT2D eigenvalue weighted by molar-refractivity contribution is 0.172. The summed E-state index contributed by atoms with van der Waals surface area (Å²) >= 11 is 0. The number of methoxy groups -OCH3 is 2. The molecule has 0 saturated heterocycles. The lowest BCUT2D eigenvalue weighted by atomic mass is 9.96. The first kappa shape index (κ1) is 16.1. The molecule has 0 bridgehead atoms. The Bertz CT molecular complexity index is 329. The number of halogens is 1. The highest BCUT2D eigenvalue weighted by Crippen LogP contribution is 2.13. The van der Waals surface area contributed by atoms with E-state index in [9.17, 15) is 4.39 Å². The lowest BCUT2D eigenvalue weighted by Crippen LogP contribution is -2.28. The number of hydrogen-bond acceptors (Lipinski definition) is 3. The van der Waals surface area contributed by atoms with Crippen LogP contribution in [0.5, 0.6) is 0 Å². The van der Waals surface area contributed by atoms with E-state index in [-0.39, 0.29) is 5.82 Å². The van der Waals surface area contributed by atoms with Crippen molar-refractivity contribution >= 4 is 0 Å². The highest BCUT2D eigenvalue weighted by molar-refractivity contribution is 5.16. The van der Waals surface area contributed by atoms with Gasteiger partial charge in [-0.15, -0.1) is 0 Å². The Kier molecular flexibility index (Phi) is 8.38. The van der Waals surface area contributed by atoms with Crippen LogP contribution in [-0.2, 0) is 15.9 Å². The molecule has 1 atom stereocenters. The predicted octanol–water partition coefficient (Wildman–Crippen LogP) is 2.26. The van der Waals surface area contributed by atoms with Crippen LogP contribution in [0.15, 0.2) is 24.3 Å². The molecule has 0 spiro atoms. The molecule has 0 aromatic heterocycles. The quantitative estimate of drug-likeness (QED) is 0.661. The molecule has 0 amide bonds. The van der Waals surface area contributed by atoms with E-state index < -0.39 is 0 Å². The van der Waals surface area contributed by atoms with Crippen molar-refractivity contribution in [3.8, 4) is 0 Å². The van der Waals surface area contributed by atoms with Crippen molar-refractivity contribution in [2.24, 2.45) is 5.92 Å². The third-order valence-electron chi connectivity index (χ3n) is 3.08. The van der Waals surface area contributed by atoms with Gasteiger partial charge in [-0.25, -0.2) is 4.39 Å². The highest BCUT2D eigenvalue weighted by Gasteiger charge is 2.09. The minimum Gasteiger partial charge on any atom is -0.385 e. The van der Waals surface area contributed by atoms with Gasteiger partial charge in [0.1, 0.15) is 5.82 Å². The van der Waals surface area contributed by atoms with Crippen LogP contribution in [0.2, 0.25) is 0 Å². The Morgan fingerprint density at radius 1 is 1.11 bits per heavy atom. The minimum absolute atomic E-state index is 0.185. The summed E-state index contributed by atoms with van der Waals surface area (Å²) in [5.41, 5.74) is 1.16. The van der Waals surface area contributed by atoms with Crippen LogP contribution in [0.4, 0.5) is 4.39 Å². The normalized spacial score (nSPS) is 12.6. The molecule has 1 aromatic carbocycles. The van der Waals surface area contributed by atoms with Gasteiger partial charge in [0.2, 0.25) is 0 Å². The molecule has 0 aliphatic heterocycles. The van der Waals surface area contributed by atoms with Crippen molar-refractivity contribution in [2.75, 3.05) is 40.5 Å². The van der Waals surface area contributed by atoms with Gasteiger partial charge in [0.05, 0.1) is 6.61 Å². The molecule has 19 heavy (non-hydrogen) atoms. The molecule has 0 aliphatic carbocycles. The fraction of sp³-hybridized carbons (Fsp3) is 0.600.